The maximum absolute atomic E-state index is 11.2. The van der Waals surface area contributed by atoms with Crippen molar-refractivity contribution >= 4 is 40.3 Å². The Balaban J connectivity index is 1.72. The van der Waals surface area contributed by atoms with Crippen molar-refractivity contribution in [1.29, 1.82) is 0 Å². The van der Waals surface area contributed by atoms with Crippen LogP contribution in [0.15, 0.2) is 125 Å². The van der Waals surface area contributed by atoms with Crippen LogP contribution >= 0.6 is 15.9 Å². The minimum atomic E-state index is -2.91. The van der Waals surface area contributed by atoms with Gasteiger partial charge >= 0.3 is 0 Å². The van der Waals surface area contributed by atoms with E-state index in [9.17, 15) is 25.4 Å². The fourth-order valence-corrected chi connectivity index (χ4v) is 10.4. The summed E-state index contributed by atoms with van der Waals surface area (Å²) in [6.45, 7) is 6.72. The van der Waals surface area contributed by atoms with Gasteiger partial charge in [-0.05, 0) is 63.0 Å². The Bertz CT molecular complexity index is 1610. The molecule has 3 N–H and O–H groups in total. The normalized spacial score (nSPS) is 13.0. The molecular weight excluding hydrogens is 650 g/mol. The zero-order valence-electron chi connectivity index (χ0n) is 25.6. The second-order valence-electron chi connectivity index (χ2n) is 11.9. The molecule has 234 valence electrons. The van der Waals surface area contributed by atoms with E-state index >= 15 is 0 Å². The number of phenols is 1. The molecule has 7 nitrogen and oxygen atoms in total. The van der Waals surface area contributed by atoms with Crippen LogP contribution in [-0.4, -0.2) is 35.2 Å². The Kier molecular flexibility index (Phi) is 11.3. The quantitative estimate of drug-likeness (QED) is 0.0625. The number of nitro groups is 1. The van der Waals surface area contributed by atoms with Gasteiger partial charge in [-0.15, -0.1) is 5.73 Å². The molecule has 0 saturated heterocycles. The zero-order valence-corrected chi connectivity index (χ0v) is 28.1. The summed E-state index contributed by atoms with van der Waals surface area (Å²) in [6, 6.07) is 31.2. The number of rotatable bonds is 12. The maximum atomic E-state index is 11.2. The third kappa shape index (κ3) is 8.26. The minimum absolute atomic E-state index is 0.00749. The van der Waals surface area contributed by atoms with Crippen LogP contribution in [0.3, 0.4) is 0 Å². The van der Waals surface area contributed by atoms with E-state index < -0.39 is 25.4 Å². The Morgan fingerprint density at radius 1 is 0.933 bits per heavy atom. The SMILES string of the molecule is CC(C)(C)[Si](OCC(=C=CC[C@@H](O)c1cc(Br)ccc1O)C[C@@H](O)c1ccc([N+](=O)[O-])cc1)(c1ccccc1)c1ccccc1. The van der Waals surface area contributed by atoms with Crippen molar-refractivity contribution in [1.82, 2.24) is 0 Å². The summed E-state index contributed by atoms with van der Waals surface area (Å²) in [7, 11) is -2.91. The number of aliphatic hydroxyl groups is 2. The van der Waals surface area contributed by atoms with E-state index in [2.05, 4.69) is 66.7 Å². The number of hydrogen-bond donors (Lipinski definition) is 3. The number of hydrogen-bond acceptors (Lipinski definition) is 6. The standard InChI is InChI=1S/C36H38BrNO6Si/c1-36(2,3)45(30-12-6-4-7-13-30,31-14-8-5-9-15-31)44-25-26(23-35(41)27-17-20-29(21-18-27)38(42)43)11-10-16-33(39)32-24-28(37)19-22-34(32)40/h4-10,12-15,17-22,24,33,35,39-41H,16,23,25H2,1-3H3/t11?,33-,35-/m1/s1. The van der Waals surface area contributed by atoms with Gasteiger partial charge < -0.3 is 19.7 Å². The lowest BCUT2D eigenvalue weighted by Crippen LogP contribution is -2.66. The van der Waals surface area contributed by atoms with E-state index in [1.165, 1.54) is 18.2 Å². The summed E-state index contributed by atoms with van der Waals surface area (Å²) in [4.78, 5) is 10.7. The third-order valence-electron chi connectivity index (χ3n) is 7.80. The highest BCUT2D eigenvalue weighted by Crippen LogP contribution is 2.37. The smallest absolute Gasteiger partial charge is 0.269 e. The molecule has 4 aromatic carbocycles. The van der Waals surface area contributed by atoms with Gasteiger partial charge in [0.15, 0.2) is 0 Å². The zero-order chi connectivity index (χ0) is 32.6. The number of halogens is 1. The number of phenolic OH excluding ortho intramolecular Hbond substituents is 1. The fourth-order valence-electron chi connectivity index (χ4n) is 5.52. The molecule has 9 heteroatoms. The number of aliphatic hydroxyl groups excluding tert-OH is 2. The summed E-state index contributed by atoms with van der Waals surface area (Å²) >= 11 is 3.38. The molecule has 0 aliphatic heterocycles. The number of benzene rings is 4. The topological polar surface area (TPSA) is 113 Å². The first-order chi connectivity index (χ1) is 21.4. The number of nitrogens with zero attached hydrogens (tertiary/aromatic N) is 1. The first-order valence-corrected chi connectivity index (χ1v) is 17.4. The Labute approximate surface area is 273 Å². The van der Waals surface area contributed by atoms with E-state index in [1.807, 2.05) is 36.4 Å². The van der Waals surface area contributed by atoms with Crippen LogP contribution < -0.4 is 10.4 Å². The van der Waals surface area contributed by atoms with Crippen LogP contribution in [0.5, 0.6) is 5.75 Å². The van der Waals surface area contributed by atoms with Crippen molar-refractivity contribution in [3.63, 3.8) is 0 Å². The Morgan fingerprint density at radius 3 is 2.04 bits per heavy atom. The van der Waals surface area contributed by atoms with Gasteiger partial charge in [0.2, 0.25) is 0 Å². The van der Waals surface area contributed by atoms with Crippen LogP contribution in [0.25, 0.3) is 0 Å². The van der Waals surface area contributed by atoms with Crippen molar-refractivity contribution in [2.45, 2.75) is 50.9 Å². The van der Waals surface area contributed by atoms with Gasteiger partial charge in [0.25, 0.3) is 14.0 Å². The van der Waals surface area contributed by atoms with Crippen LogP contribution in [0.4, 0.5) is 5.69 Å². The first-order valence-electron chi connectivity index (χ1n) is 14.7. The monoisotopic (exact) mass is 687 g/mol. The Morgan fingerprint density at radius 2 is 1.51 bits per heavy atom. The van der Waals surface area contributed by atoms with Gasteiger partial charge in [-0.3, -0.25) is 10.1 Å². The summed E-state index contributed by atoms with van der Waals surface area (Å²) in [5.41, 5.74) is 4.81. The second kappa shape index (κ2) is 15.0. The summed E-state index contributed by atoms with van der Waals surface area (Å²) in [5, 5.41) is 45.4. The van der Waals surface area contributed by atoms with Crippen molar-refractivity contribution < 1.29 is 24.7 Å². The average molecular weight is 689 g/mol. The lowest BCUT2D eigenvalue weighted by atomic mass is 10.0. The molecule has 0 bridgehead atoms. The molecule has 0 amide bonds. The first kappa shape index (κ1) is 34.1. The largest absolute Gasteiger partial charge is 0.508 e. The molecule has 0 unspecified atom stereocenters. The highest BCUT2D eigenvalue weighted by atomic mass is 79.9. The molecule has 0 aromatic heterocycles. The van der Waals surface area contributed by atoms with Gasteiger partial charge in [-0.2, -0.15) is 0 Å². The molecule has 0 aliphatic rings. The van der Waals surface area contributed by atoms with Crippen molar-refractivity contribution in [3.05, 3.63) is 146 Å². The summed E-state index contributed by atoms with van der Waals surface area (Å²) in [5.74, 6) is -0.00749. The molecule has 4 rings (SSSR count). The van der Waals surface area contributed by atoms with E-state index in [1.54, 1.807) is 30.3 Å². The fraction of sp³-hybridized carbons (Fsp3) is 0.250. The van der Waals surface area contributed by atoms with E-state index in [0.717, 1.165) is 14.8 Å². The summed E-state index contributed by atoms with van der Waals surface area (Å²) < 4.78 is 7.84. The molecule has 0 heterocycles. The average Bonchev–Trinajstić information content (AvgIpc) is 3.02. The van der Waals surface area contributed by atoms with Crippen molar-refractivity contribution in [2.24, 2.45) is 0 Å². The molecule has 4 aromatic rings. The maximum Gasteiger partial charge on any atom is 0.269 e. The van der Waals surface area contributed by atoms with Gasteiger partial charge in [-0.25, -0.2) is 0 Å². The molecule has 0 radical (unpaired) electrons. The Hall–Kier alpha value is -3.82. The van der Waals surface area contributed by atoms with Crippen LogP contribution in [0.2, 0.25) is 5.04 Å². The second-order valence-corrected chi connectivity index (χ2v) is 17.1. The van der Waals surface area contributed by atoms with Gasteiger partial charge in [0.05, 0.1) is 23.7 Å². The summed E-state index contributed by atoms with van der Waals surface area (Å²) in [6.07, 6.45) is 0.0693. The van der Waals surface area contributed by atoms with E-state index in [0.29, 0.717) is 16.7 Å². The molecule has 0 saturated carbocycles. The van der Waals surface area contributed by atoms with Crippen LogP contribution in [-0.2, 0) is 4.43 Å². The molecule has 45 heavy (non-hydrogen) atoms. The highest BCUT2D eigenvalue weighted by molar-refractivity contribution is 9.10. The van der Waals surface area contributed by atoms with Crippen LogP contribution in [0.1, 0.15) is 56.9 Å². The molecule has 0 aliphatic carbocycles. The minimum Gasteiger partial charge on any atom is -0.508 e. The van der Waals surface area contributed by atoms with E-state index in [4.69, 9.17) is 4.43 Å². The predicted octanol–water partition coefficient (Wildman–Crippen LogP) is 7.27. The molecule has 0 spiro atoms. The van der Waals surface area contributed by atoms with Crippen molar-refractivity contribution in [3.8, 4) is 5.75 Å². The lowest BCUT2D eigenvalue weighted by Gasteiger charge is -2.43. The van der Waals surface area contributed by atoms with Gasteiger partial charge in [-0.1, -0.05) is 97.4 Å². The van der Waals surface area contributed by atoms with E-state index in [-0.39, 0.29) is 35.9 Å². The highest BCUT2D eigenvalue weighted by Gasteiger charge is 2.50. The predicted molar refractivity (Wildman–Crippen MR) is 183 cm³/mol. The molecule has 0 fully saturated rings. The number of nitro benzene ring substituents is 1. The molecular formula is C36H38BrNO6Si. The van der Waals surface area contributed by atoms with Gasteiger partial charge in [0.1, 0.15) is 5.75 Å². The third-order valence-corrected chi connectivity index (χ3v) is 13.3. The molecule has 2 atom stereocenters. The van der Waals surface area contributed by atoms with Crippen LogP contribution in [0, 0.1) is 10.1 Å². The number of aromatic hydroxyl groups is 1. The lowest BCUT2D eigenvalue weighted by molar-refractivity contribution is -0.384. The van der Waals surface area contributed by atoms with Crippen molar-refractivity contribution in [2.75, 3.05) is 6.61 Å². The number of non-ortho nitro benzene ring substituents is 1. The van der Waals surface area contributed by atoms with Gasteiger partial charge in [0, 0.05) is 35.0 Å².